The van der Waals surface area contributed by atoms with E-state index in [2.05, 4.69) is 58.9 Å². The molecule has 0 rings (SSSR count). The molecule has 0 amide bonds. The van der Waals surface area contributed by atoms with Gasteiger partial charge in [0, 0.05) is 12.6 Å². The zero-order chi connectivity index (χ0) is 12.8. The second-order valence-corrected chi connectivity index (χ2v) is 6.78. The fourth-order valence-corrected chi connectivity index (χ4v) is 2.34. The largest absolute Gasteiger partial charge is 0.313 e. The highest BCUT2D eigenvalue weighted by molar-refractivity contribution is 4.69. The normalized spacial score (nSPS) is 16.5. The summed E-state index contributed by atoms with van der Waals surface area (Å²) in [5.74, 6) is 0.819. The van der Waals surface area contributed by atoms with Crippen LogP contribution in [0, 0.1) is 11.3 Å². The van der Waals surface area contributed by atoms with Gasteiger partial charge in [-0.05, 0) is 51.7 Å². The Morgan fingerprint density at radius 3 is 2.12 bits per heavy atom. The van der Waals surface area contributed by atoms with Crippen LogP contribution >= 0.6 is 0 Å². The zero-order valence-electron chi connectivity index (χ0n) is 12.4. The van der Waals surface area contributed by atoms with Crippen molar-refractivity contribution < 1.29 is 0 Å². The minimum Gasteiger partial charge on any atom is -0.313 e. The molecule has 0 aromatic carbocycles. The Kier molecular flexibility index (Phi) is 7.25. The van der Waals surface area contributed by atoms with Crippen molar-refractivity contribution in [2.45, 2.75) is 53.5 Å². The van der Waals surface area contributed by atoms with E-state index in [0.717, 1.165) is 19.0 Å². The average molecular weight is 228 g/mol. The molecule has 0 fully saturated rings. The molecule has 1 N–H and O–H groups in total. The summed E-state index contributed by atoms with van der Waals surface area (Å²) in [5, 5.41) is 3.59. The first kappa shape index (κ1) is 15.9. The summed E-state index contributed by atoms with van der Waals surface area (Å²) in [6.45, 7) is 13.9. The average Bonchev–Trinajstić information content (AvgIpc) is 1.98. The van der Waals surface area contributed by atoms with E-state index in [4.69, 9.17) is 0 Å². The van der Waals surface area contributed by atoms with Gasteiger partial charge in [0.2, 0.25) is 0 Å². The van der Waals surface area contributed by atoms with Crippen LogP contribution in [0.2, 0.25) is 0 Å². The highest BCUT2D eigenvalue weighted by Crippen LogP contribution is 2.25. The van der Waals surface area contributed by atoms with Crippen LogP contribution in [0.25, 0.3) is 0 Å². The summed E-state index contributed by atoms with van der Waals surface area (Å²) in [6.07, 6.45) is 2.60. The number of hydrogen-bond acceptors (Lipinski definition) is 2. The Hall–Kier alpha value is -0.0800. The molecule has 0 saturated heterocycles. The number of nitrogens with one attached hydrogen (secondary N) is 1. The Labute approximate surface area is 103 Å². The van der Waals surface area contributed by atoms with Crippen molar-refractivity contribution in [3.05, 3.63) is 0 Å². The van der Waals surface area contributed by atoms with E-state index >= 15 is 0 Å². The van der Waals surface area contributed by atoms with Crippen molar-refractivity contribution in [1.29, 1.82) is 0 Å². The Balaban J connectivity index is 3.58. The zero-order valence-corrected chi connectivity index (χ0v) is 12.4. The van der Waals surface area contributed by atoms with Crippen LogP contribution in [0.3, 0.4) is 0 Å². The van der Waals surface area contributed by atoms with Crippen LogP contribution in [0.5, 0.6) is 0 Å². The lowest BCUT2D eigenvalue weighted by Crippen LogP contribution is -2.36. The SMILES string of the molecule is CC(CCNC(C)CN(C)C)CC(C)(C)C. The van der Waals surface area contributed by atoms with Crippen molar-refractivity contribution in [2.75, 3.05) is 27.2 Å². The van der Waals surface area contributed by atoms with Crippen molar-refractivity contribution >= 4 is 0 Å². The third-order valence-corrected chi connectivity index (χ3v) is 2.73. The number of rotatable bonds is 7. The summed E-state index contributed by atoms with van der Waals surface area (Å²) in [6, 6.07) is 0.594. The van der Waals surface area contributed by atoms with E-state index < -0.39 is 0 Å². The van der Waals surface area contributed by atoms with E-state index in [1.165, 1.54) is 12.8 Å². The molecule has 0 bridgehead atoms. The first-order chi connectivity index (χ1) is 7.20. The summed E-state index contributed by atoms with van der Waals surface area (Å²) in [4.78, 5) is 2.23. The Bertz CT molecular complexity index is 170. The van der Waals surface area contributed by atoms with Crippen molar-refractivity contribution in [3.63, 3.8) is 0 Å². The smallest absolute Gasteiger partial charge is 0.0166 e. The minimum absolute atomic E-state index is 0.467. The molecule has 2 atom stereocenters. The van der Waals surface area contributed by atoms with Gasteiger partial charge in [-0.2, -0.15) is 0 Å². The molecule has 0 aliphatic rings. The molecule has 0 spiro atoms. The third kappa shape index (κ3) is 10.4. The maximum Gasteiger partial charge on any atom is 0.0166 e. The maximum atomic E-state index is 3.59. The standard InChI is InChI=1S/C14H32N2/c1-12(10-14(3,4)5)8-9-15-13(2)11-16(6)7/h12-13,15H,8-11H2,1-7H3. The molecule has 98 valence electrons. The highest BCUT2D eigenvalue weighted by atomic mass is 15.1. The van der Waals surface area contributed by atoms with Gasteiger partial charge >= 0.3 is 0 Å². The maximum absolute atomic E-state index is 3.59. The molecule has 0 aliphatic carbocycles. The van der Waals surface area contributed by atoms with Gasteiger partial charge in [-0.15, -0.1) is 0 Å². The summed E-state index contributed by atoms with van der Waals surface area (Å²) in [5.41, 5.74) is 0.467. The van der Waals surface area contributed by atoms with Gasteiger partial charge in [0.1, 0.15) is 0 Å². The quantitative estimate of drug-likeness (QED) is 0.720. The highest BCUT2D eigenvalue weighted by Gasteiger charge is 2.15. The minimum atomic E-state index is 0.467. The van der Waals surface area contributed by atoms with Crippen molar-refractivity contribution in [2.24, 2.45) is 11.3 Å². The molecule has 16 heavy (non-hydrogen) atoms. The molecule has 0 radical (unpaired) electrons. The number of hydrogen-bond donors (Lipinski definition) is 1. The van der Waals surface area contributed by atoms with Crippen LogP contribution in [-0.2, 0) is 0 Å². The second kappa shape index (κ2) is 7.29. The molecule has 2 unspecified atom stereocenters. The van der Waals surface area contributed by atoms with Crippen LogP contribution in [0.15, 0.2) is 0 Å². The molecule has 0 aliphatic heterocycles. The topological polar surface area (TPSA) is 15.3 Å². The van der Waals surface area contributed by atoms with Gasteiger partial charge in [-0.3, -0.25) is 0 Å². The first-order valence-electron chi connectivity index (χ1n) is 6.59. The fraction of sp³-hybridized carbons (Fsp3) is 1.00. The van der Waals surface area contributed by atoms with E-state index in [1.807, 2.05) is 0 Å². The number of nitrogens with zero attached hydrogens (tertiary/aromatic N) is 1. The molecular weight excluding hydrogens is 196 g/mol. The van der Waals surface area contributed by atoms with E-state index in [9.17, 15) is 0 Å². The van der Waals surface area contributed by atoms with Crippen molar-refractivity contribution in [1.82, 2.24) is 10.2 Å². The summed E-state index contributed by atoms with van der Waals surface area (Å²) >= 11 is 0. The van der Waals surface area contributed by atoms with Gasteiger partial charge in [0.15, 0.2) is 0 Å². The van der Waals surface area contributed by atoms with Gasteiger partial charge in [-0.25, -0.2) is 0 Å². The lowest BCUT2D eigenvalue weighted by Gasteiger charge is -2.24. The number of likely N-dealkylation sites (N-methyl/N-ethyl adjacent to an activating group) is 1. The lowest BCUT2D eigenvalue weighted by molar-refractivity contribution is 0.287. The summed E-state index contributed by atoms with van der Waals surface area (Å²) in [7, 11) is 4.25. The van der Waals surface area contributed by atoms with Gasteiger partial charge in [-0.1, -0.05) is 27.7 Å². The van der Waals surface area contributed by atoms with Gasteiger partial charge < -0.3 is 10.2 Å². The monoisotopic (exact) mass is 228 g/mol. The van der Waals surface area contributed by atoms with E-state index in [1.54, 1.807) is 0 Å². The Morgan fingerprint density at radius 2 is 1.69 bits per heavy atom. The molecular formula is C14H32N2. The molecule has 2 nitrogen and oxygen atoms in total. The second-order valence-electron chi connectivity index (χ2n) is 6.78. The van der Waals surface area contributed by atoms with Crippen LogP contribution < -0.4 is 5.32 Å². The van der Waals surface area contributed by atoms with E-state index in [0.29, 0.717) is 11.5 Å². The molecule has 0 aromatic rings. The van der Waals surface area contributed by atoms with Gasteiger partial charge in [0.05, 0.1) is 0 Å². The van der Waals surface area contributed by atoms with Crippen LogP contribution in [-0.4, -0.2) is 38.1 Å². The third-order valence-electron chi connectivity index (χ3n) is 2.73. The van der Waals surface area contributed by atoms with Gasteiger partial charge in [0.25, 0.3) is 0 Å². The van der Waals surface area contributed by atoms with Crippen LogP contribution in [0.1, 0.15) is 47.5 Å². The fourth-order valence-electron chi connectivity index (χ4n) is 2.34. The molecule has 0 saturated carbocycles. The molecule has 0 aromatic heterocycles. The predicted molar refractivity (Wildman–Crippen MR) is 73.9 cm³/mol. The molecule has 0 heterocycles. The lowest BCUT2D eigenvalue weighted by atomic mass is 9.84. The Morgan fingerprint density at radius 1 is 1.12 bits per heavy atom. The molecule has 2 heteroatoms. The summed E-state index contributed by atoms with van der Waals surface area (Å²) < 4.78 is 0. The van der Waals surface area contributed by atoms with Crippen molar-refractivity contribution in [3.8, 4) is 0 Å². The predicted octanol–water partition coefficient (Wildman–Crippen LogP) is 2.99. The first-order valence-corrected chi connectivity index (χ1v) is 6.59. The van der Waals surface area contributed by atoms with Crippen LogP contribution in [0.4, 0.5) is 0 Å². The van der Waals surface area contributed by atoms with E-state index in [-0.39, 0.29) is 0 Å².